The number of aromatic nitrogens is 1. The highest BCUT2D eigenvalue weighted by molar-refractivity contribution is 6.03. The van der Waals surface area contributed by atoms with E-state index in [0.717, 1.165) is 16.8 Å². The molecule has 3 rings (SSSR count). The number of pyridine rings is 1. The molecule has 5 heteroatoms. The Kier molecular flexibility index (Phi) is 3.86. The van der Waals surface area contributed by atoms with E-state index in [-0.39, 0.29) is 6.04 Å². The van der Waals surface area contributed by atoms with Crippen LogP contribution in [0.15, 0.2) is 47.8 Å². The summed E-state index contributed by atoms with van der Waals surface area (Å²) in [5, 5.41) is 16.0. The molecule has 0 bridgehead atoms. The van der Waals surface area contributed by atoms with Crippen LogP contribution in [0.1, 0.15) is 29.7 Å². The average molecular weight is 309 g/mol. The highest BCUT2D eigenvalue weighted by atomic mass is 16.4. The van der Waals surface area contributed by atoms with Crippen LogP contribution in [0.4, 0.5) is 5.69 Å². The summed E-state index contributed by atoms with van der Waals surface area (Å²) in [4.78, 5) is 15.9. The molecule has 2 aromatic rings. The second-order valence-corrected chi connectivity index (χ2v) is 5.92. The van der Waals surface area contributed by atoms with Crippen molar-refractivity contribution in [2.75, 3.05) is 5.01 Å². The van der Waals surface area contributed by atoms with Crippen molar-refractivity contribution in [3.63, 3.8) is 0 Å². The molecule has 0 spiro atoms. The van der Waals surface area contributed by atoms with Crippen LogP contribution < -0.4 is 5.01 Å². The van der Waals surface area contributed by atoms with Gasteiger partial charge in [0, 0.05) is 12.4 Å². The van der Waals surface area contributed by atoms with E-state index in [2.05, 4.69) is 16.2 Å². The third kappa shape index (κ3) is 2.70. The zero-order valence-electron chi connectivity index (χ0n) is 13.4. The molecule has 23 heavy (non-hydrogen) atoms. The lowest BCUT2D eigenvalue weighted by Crippen LogP contribution is -2.30. The van der Waals surface area contributed by atoms with Gasteiger partial charge in [-0.25, -0.2) is 0 Å². The van der Waals surface area contributed by atoms with E-state index in [1.165, 1.54) is 5.56 Å². The SMILES string of the molecule is CC1=NN(c2ccc(C)cc2C)C(c2cccnc2)C1C(=O)O. The van der Waals surface area contributed by atoms with Crippen LogP contribution in [-0.4, -0.2) is 21.8 Å². The maximum absolute atomic E-state index is 11.8. The van der Waals surface area contributed by atoms with Crippen molar-refractivity contribution in [1.29, 1.82) is 0 Å². The number of benzene rings is 1. The summed E-state index contributed by atoms with van der Waals surface area (Å²) < 4.78 is 0. The Balaban J connectivity index is 2.12. The minimum Gasteiger partial charge on any atom is -0.481 e. The van der Waals surface area contributed by atoms with Gasteiger partial charge in [-0.3, -0.25) is 14.8 Å². The molecule has 2 unspecified atom stereocenters. The van der Waals surface area contributed by atoms with E-state index in [1.54, 1.807) is 19.3 Å². The van der Waals surface area contributed by atoms with Crippen molar-refractivity contribution < 1.29 is 9.90 Å². The average Bonchev–Trinajstić information content (AvgIpc) is 2.85. The molecule has 0 saturated carbocycles. The first kappa shape index (κ1) is 15.2. The lowest BCUT2D eigenvalue weighted by molar-refractivity contribution is -0.139. The van der Waals surface area contributed by atoms with Gasteiger partial charge in [-0.05, 0) is 44.0 Å². The topological polar surface area (TPSA) is 65.8 Å². The molecule has 1 aromatic carbocycles. The lowest BCUT2D eigenvalue weighted by Gasteiger charge is -2.27. The molecule has 1 N–H and O–H groups in total. The first-order valence-corrected chi connectivity index (χ1v) is 7.53. The normalized spacial score (nSPS) is 20.5. The number of carboxylic acid groups (broad SMARTS) is 1. The Morgan fingerprint density at radius 3 is 2.61 bits per heavy atom. The Morgan fingerprint density at radius 1 is 1.22 bits per heavy atom. The Bertz CT molecular complexity index is 771. The fourth-order valence-electron chi connectivity index (χ4n) is 3.13. The molecule has 0 saturated heterocycles. The van der Waals surface area contributed by atoms with Gasteiger partial charge in [-0.15, -0.1) is 0 Å². The molecule has 2 atom stereocenters. The minimum absolute atomic E-state index is 0.386. The number of aliphatic carboxylic acids is 1. The van der Waals surface area contributed by atoms with Crippen LogP contribution in [0, 0.1) is 19.8 Å². The van der Waals surface area contributed by atoms with Gasteiger partial charge in [0.25, 0.3) is 0 Å². The number of hydrogen-bond acceptors (Lipinski definition) is 4. The van der Waals surface area contributed by atoms with Gasteiger partial charge >= 0.3 is 5.97 Å². The van der Waals surface area contributed by atoms with Gasteiger partial charge in [0.1, 0.15) is 5.92 Å². The van der Waals surface area contributed by atoms with E-state index >= 15 is 0 Å². The van der Waals surface area contributed by atoms with E-state index in [4.69, 9.17) is 0 Å². The van der Waals surface area contributed by atoms with Crippen LogP contribution in [0.3, 0.4) is 0 Å². The second kappa shape index (κ2) is 5.83. The quantitative estimate of drug-likeness (QED) is 0.944. The molecule has 1 aromatic heterocycles. The molecular formula is C18H19N3O2. The summed E-state index contributed by atoms with van der Waals surface area (Å²) in [6.45, 7) is 5.82. The van der Waals surface area contributed by atoms with Gasteiger partial charge in [0.2, 0.25) is 0 Å². The molecule has 1 aliphatic heterocycles. The fourth-order valence-corrected chi connectivity index (χ4v) is 3.13. The summed E-state index contributed by atoms with van der Waals surface area (Å²) in [6, 6.07) is 9.42. The van der Waals surface area contributed by atoms with Gasteiger partial charge in [0.15, 0.2) is 0 Å². The van der Waals surface area contributed by atoms with Crippen molar-refractivity contribution in [2.45, 2.75) is 26.8 Å². The molecule has 118 valence electrons. The minimum atomic E-state index is -0.868. The summed E-state index contributed by atoms with van der Waals surface area (Å²) in [5.74, 6) is -1.55. The molecule has 0 aliphatic carbocycles. The second-order valence-electron chi connectivity index (χ2n) is 5.92. The van der Waals surface area contributed by atoms with E-state index in [1.807, 2.05) is 43.1 Å². The fraction of sp³-hybridized carbons (Fsp3) is 0.278. The molecule has 5 nitrogen and oxygen atoms in total. The van der Waals surface area contributed by atoms with Crippen LogP contribution in [0.2, 0.25) is 0 Å². The van der Waals surface area contributed by atoms with Gasteiger partial charge in [-0.2, -0.15) is 5.10 Å². The molecule has 1 aliphatic rings. The predicted molar refractivity (Wildman–Crippen MR) is 89.6 cm³/mol. The highest BCUT2D eigenvalue weighted by Crippen LogP contribution is 2.40. The summed E-state index contributed by atoms with van der Waals surface area (Å²) in [7, 11) is 0. The van der Waals surface area contributed by atoms with Gasteiger partial charge in [0.05, 0.1) is 17.4 Å². The number of anilines is 1. The first-order valence-electron chi connectivity index (χ1n) is 7.53. The van der Waals surface area contributed by atoms with Crippen molar-refractivity contribution in [3.8, 4) is 0 Å². The van der Waals surface area contributed by atoms with Gasteiger partial charge in [-0.1, -0.05) is 23.8 Å². The number of carbonyl (C=O) groups is 1. The van der Waals surface area contributed by atoms with Crippen molar-refractivity contribution >= 4 is 17.4 Å². The number of hydrazone groups is 1. The number of carboxylic acids is 1. The molecule has 2 heterocycles. The lowest BCUT2D eigenvalue weighted by atomic mass is 9.91. The zero-order chi connectivity index (χ0) is 16.6. The summed E-state index contributed by atoms with van der Waals surface area (Å²) in [5.41, 5.74) is 4.61. The maximum atomic E-state index is 11.8. The van der Waals surface area contributed by atoms with E-state index < -0.39 is 11.9 Å². The van der Waals surface area contributed by atoms with E-state index in [9.17, 15) is 9.90 Å². The van der Waals surface area contributed by atoms with Crippen molar-refractivity contribution in [3.05, 3.63) is 59.4 Å². The smallest absolute Gasteiger partial charge is 0.314 e. The van der Waals surface area contributed by atoms with Gasteiger partial charge < -0.3 is 5.11 Å². The van der Waals surface area contributed by atoms with E-state index in [0.29, 0.717) is 5.71 Å². The standard InChI is InChI=1S/C18H19N3O2/c1-11-6-7-15(12(2)9-11)21-17(14-5-4-8-19-10-14)16(18(22)23)13(3)20-21/h4-10,16-17H,1-3H3,(H,22,23). The molecule has 0 amide bonds. The monoisotopic (exact) mass is 309 g/mol. The molecule has 0 fully saturated rings. The molecular weight excluding hydrogens is 290 g/mol. The first-order chi connectivity index (χ1) is 11.0. The Labute approximate surface area is 135 Å². The largest absolute Gasteiger partial charge is 0.481 e. The van der Waals surface area contributed by atoms with Crippen LogP contribution >= 0.6 is 0 Å². The summed E-state index contributed by atoms with van der Waals surface area (Å²) >= 11 is 0. The Hall–Kier alpha value is -2.69. The highest BCUT2D eigenvalue weighted by Gasteiger charge is 2.42. The number of nitrogens with zero attached hydrogens (tertiary/aromatic N) is 3. The van der Waals surface area contributed by atoms with Crippen molar-refractivity contribution in [1.82, 2.24) is 4.98 Å². The third-order valence-corrected chi connectivity index (χ3v) is 4.19. The van der Waals surface area contributed by atoms with Crippen molar-refractivity contribution in [2.24, 2.45) is 11.0 Å². The summed E-state index contributed by atoms with van der Waals surface area (Å²) in [6.07, 6.45) is 3.40. The third-order valence-electron chi connectivity index (χ3n) is 4.19. The Morgan fingerprint density at radius 2 is 2.00 bits per heavy atom. The zero-order valence-corrected chi connectivity index (χ0v) is 13.4. The molecule has 0 radical (unpaired) electrons. The van der Waals surface area contributed by atoms with Crippen LogP contribution in [0.5, 0.6) is 0 Å². The number of hydrogen-bond donors (Lipinski definition) is 1. The maximum Gasteiger partial charge on any atom is 0.314 e. The number of aryl methyl sites for hydroxylation is 2. The number of rotatable bonds is 3. The van der Waals surface area contributed by atoms with Crippen LogP contribution in [-0.2, 0) is 4.79 Å². The predicted octanol–water partition coefficient (Wildman–Crippen LogP) is 3.34. The van der Waals surface area contributed by atoms with Crippen LogP contribution in [0.25, 0.3) is 0 Å².